The average Bonchev–Trinajstić information content (AvgIpc) is 3.15. The van der Waals surface area contributed by atoms with Gasteiger partial charge in [-0.25, -0.2) is 17.9 Å². The maximum atomic E-state index is 13.8. The Balaban J connectivity index is 1.55. The number of amides is 1. The van der Waals surface area contributed by atoms with Gasteiger partial charge in [0.15, 0.2) is 0 Å². The molecule has 3 N–H and O–H groups in total. The number of hydrogen-bond acceptors (Lipinski definition) is 4. The fraction of sp³-hybridized carbons (Fsp3) is 0.190. The summed E-state index contributed by atoms with van der Waals surface area (Å²) in [5.74, 6) is 0.454. The molecule has 0 radical (unpaired) electrons. The molecule has 0 fully saturated rings. The van der Waals surface area contributed by atoms with Crippen molar-refractivity contribution in [3.63, 3.8) is 0 Å². The van der Waals surface area contributed by atoms with Crippen molar-refractivity contribution >= 4 is 15.9 Å². The third-order valence-corrected chi connectivity index (χ3v) is 5.41. The number of halogens is 1. The Kier molecular flexibility index (Phi) is 6.14. The normalized spacial score (nSPS) is 12.5. The van der Waals surface area contributed by atoms with Gasteiger partial charge >= 0.3 is 0 Å². The molecule has 29 heavy (non-hydrogen) atoms. The molecule has 0 aliphatic rings. The van der Waals surface area contributed by atoms with E-state index >= 15 is 0 Å². The van der Waals surface area contributed by atoms with E-state index in [0.29, 0.717) is 23.5 Å². The zero-order chi connectivity index (χ0) is 21.0. The molecule has 0 bridgehead atoms. The molecule has 1 amide bonds. The first-order valence-electron chi connectivity index (χ1n) is 9.00. The first-order chi connectivity index (χ1) is 13.7. The van der Waals surface area contributed by atoms with E-state index in [4.69, 9.17) is 9.56 Å². The van der Waals surface area contributed by atoms with Crippen LogP contribution < -0.4 is 10.5 Å². The van der Waals surface area contributed by atoms with Gasteiger partial charge in [0.1, 0.15) is 17.3 Å². The van der Waals surface area contributed by atoms with Gasteiger partial charge in [0.2, 0.25) is 15.9 Å². The highest BCUT2D eigenvalue weighted by atomic mass is 32.2. The van der Waals surface area contributed by atoms with E-state index in [1.165, 1.54) is 18.2 Å². The molecule has 3 rings (SSSR count). The number of furan rings is 1. The van der Waals surface area contributed by atoms with Crippen molar-refractivity contribution in [1.82, 2.24) is 5.32 Å². The Hall–Kier alpha value is -2.97. The number of nitrogens with two attached hydrogens (primary N) is 1. The molecule has 8 heteroatoms. The van der Waals surface area contributed by atoms with Crippen molar-refractivity contribution in [3.05, 3.63) is 77.8 Å². The number of sulfonamides is 1. The van der Waals surface area contributed by atoms with Crippen molar-refractivity contribution in [1.29, 1.82) is 0 Å². The van der Waals surface area contributed by atoms with Gasteiger partial charge in [-0.3, -0.25) is 4.79 Å². The summed E-state index contributed by atoms with van der Waals surface area (Å²) in [4.78, 5) is 12.2. The Labute approximate surface area is 168 Å². The molecule has 0 aliphatic carbocycles. The topological polar surface area (TPSA) is 102 Å². The zero-order valence-corrected chi connectivity index (χ0v) is 16.6. The first-order valence-corrected chi connectivity index (χ1v) is 10.5. The molecule has 0 unspecified atom stereocenters. The number of primary sulfonamides is 1. The Morgan fingerprint density at radius 1 is 1.10 bits per heavy atom. The lowest BCUT2D eigenvalue weighted by Gasteiger charge is -2.14. The summed E-state index contributed by atoms with van der Waals surface area (Å²) >= 11 is 0. The number of carbonyl (C=O) groups is 1. The van der Waals surface area contributed by atoms with Gasteiger partial charge in [0.05, 0.1) is 16.5 Å². The first kappa shape index (κ1) is 20.8. The lowest BCUT2D eigenvalue weighted by Crippen LogP contribution is -2.26. The van der Waals surface area contributed by atoms with Gasteiger partial charge in [0, 0.05) is 12.8 Å². The van der Waals surface area contributed by atoms with Crippen molar-refractivity contribution in [2.75, 3.05) is 0 Å². The molecule has 1 aromatic heterocycles. The van der Waals surface area contributed by atoms with Crippen molar-refractivity contribution < 1.29 is 22.0 Å². The second kappa shape index (κ2) is 8.59. The summed E-state index contributed by atoms with van der Waals surface area (Å²) in [7, 11) is -3.75. The molecular formula is C21H21FN2O4S. The van der Waals surface area contributed by atoms with Gasteiger partial charge in [-0.15, -0.1) is 0 Å². The molecule has 6 nitrogen and oxygen atoms in total. The maximum Gasteiger partial charge on any atom is 0.238 e. The van der Waals surface area contributed by atoms with Crippen molar-refractivity contribution in [3.8, 4) is 11.3 Å². The largest absolute Gasteiger partial charge is 0.461 e. The third kappa shape index (κ3) is 5.30. The molecule has 1 atom stereocenters. The van der Waals surface area contributed by atoms with Gasteiger partial charge in [-0.2, -0.15) is 0 Å². The molecule has 0 saturated carbocycles. The van der Waals surface area contributed by atoms with Gasteiger partial charge in [0.25, 0.3) is 0 Å². The summed E-state index contributed by atoms with van der Waals surface area (Å²) < 4.78 is 42.1. The standard InChI is InChI=1S/C21H21FN2O4S/c1-14(15-6-10-17(11-7-15)29(23,26)27)24-21(25)13-9-16-8-12-20(28-16)18-4-2-3-5-19(18)22/h2-8,10-12,14H,9,13H2,1H3,(H,24,25)(H2,23,26,27)/t14-/m1/s1. The number of rotatable bonds is 7. The van der Waals surface area contributed by atoms with E-state index < -0.39 is 10.0 Å². The van der Waals surface area contributed by atoms with Crippen LogP contribution >= 0.6 is 0 Å². The summed E-state index contributed by atoms with van der Waals surface area (Å²) in [6.45, 7) is 1.80. The predicted octanol–water partition coefficient (Wildman–Crippen LogP) is 3.54. The van der Waals surface area contributed by atoms with E-state index in [2.05, 4.69) is 5.32 Å². The summed E-state index contributed by atoms with van der Waals surface area (Å²) in [5, 5.41) is 7.93. The van der Waals surface area contributed by atoms with E-state index in [9.17, 15) is 17.6 Å². The fourth-order valence-corrected chi connectivity index (χ4v) is 3.41. The minimum Gasteiger partial charge on any atom is -0.461 e. The Morgan fingerprint density at radius 3 is 2.45 bits per heavy atom. The van der Waals surface area contributed by atoms with Crippen LogP contribution in [0, 0.1) is 5.82 Å². The van der Waals surface area contributed by atoms with Crippen LogP contribution in [0.2, 0.25) is 0 Å². The Bertz CT molecular complexity index is 1110. The number of benzene rings is 2. The van der Waals surface area contributed by atoms with Gasteiger partial charge < -0.3 is 9.73 Å². The zero-order valence-electron chi connectivity index (χ0n) is 15.8. The van der Waals surface area contributed by atoms with Crippen LogP contribution in [-0.2, 0) is 21.2 Å². The van der Waals surface area contributed by atoms with Crippen LogP contribution in [0.25, 0.3) is 11.3 Å². The van der Waals surface area contributed by atoms with Gasteiger partial charge in [-0.1, -0.05) is 24.3 Å². The number of nitrogens with one attached hydrogen (secondary N) is 1. The number of aryl methyl sites for hydroxylation is 1. The van der Waals surface area contributed by atoms with Crippen LogP contribution in [0.4, 0.5) is 4.39 Å². The summed E-state index contributed by atoms with van der Waals surface area (Å²) in [6.07, 6.45) is 0.571. The lowest BCUT2D eigenvalue weighted by molar-refractivity contribution is -0.121. The second-order valence-electron chi connectivity index (χ2n) is 6.65. The van der Waals surface area contributed by atoms with Crippen molar-refractivity contribution in [2.24, 2.45) is 5.14 Å². The minimum absolute atomic E-state index is 0.0169. The van der Waals surface area contributed by atoms with Gasteiger partial charge in [-0.05, 0) is 48.9 Å². The van der Waals surface area contributed by atoms with E-state index in [0.717, 1.165) is 5.56 Å². The van der Waals surface area contributed by atoms with E-state index in [1.807, 2.05) is 0 Å². The van der Waals surface area contributed by atoms with Crippen LogP contribution in [-0.4, -0.2) is 14.3 Å². The number of carbonyl (C=O) groups excluding carboxylic acids is 1. The van der Waals surface area contributed by atoms with Crippen molar-refractivity contribution in [2.45, 2.75) is 30.7 Å². The highest BCUT2D eigenvalue weighted by molar-refractivity contribution is 7.89. The third-order valence-electron chi connectivity index (χ3n) is 4.49. The van der Waals surface area contributed by atoms with Crippen LogP contribution in [0.5, 0.6) is 0 Å². The molecule has 3 aromatic rings. The van der Waals surface area contributed by atoms with Crippen LogP contribution in [0.15, 0.2) is 70.0 Å². The molecule has 0 saturated heterocycles. The second-order valence-corrected chi connectivity index (χ2v) is 8.21. The highest BCUT2D eigenvalue weighted by Gasteiger charge is 2.14. The quantitative estimate of drug-likeness (QED) is 0.615. The molecule has 2 aromatic carbocycles. The SMILES string of the molecule is C[C@@H](NC(=O)CCc1ccc(-c2ccccc2F)o1)c1ccc(S(N)(=O)=O)cc1. The Morgan fingerprint density at radius 2 is 1.79 bits per heavy atom. The highest BCUT2D eigenvalue weighted by Crippen LogP contribution is 2.25. The fourth-order valence-electron chi connectivity index (χ4n) is 2.90. The summed E-state index contributed by atoms with van der Waals surface area (Å²) in [5.41, 5.74) is 1.13. The monoisotopic (exact) mass is 416 g/mol. The molecule has 152 valence electrons. The summed E-state index contributed by atoms with van der Waals surface area (Å²) in [6, 6.07) is 15.5. The maximum absolute atomic E-state index is 13.8. The molecule has 0 aliphatic heterocycles. The molecular weight excluding hydrogens is 395 g/mol. The van der Waals surface area contributed by atoms with Crippen LogP contribution in [0.1, 0.15) is 30.7 Å². The number of hydrogen-bond donors (Lipinski definition) is 2. The average molecular weight is 416 g/mol. The molecule has 0 spiro atoms. The predicted molar refractivity (Wildman–Crippen MR) is 107 cm³/mol. The van der Waals surface area contributed by atoms with Crippen LogP contribution in [0.3, 0.4) is 0 Å². The van der Waals surface area contributed by atoms with E-state index in [1.54, 1.807) is 49.4 Å². The van der Waals surface area contributed by atoms with E-state index in [-0.39, 0.29) is 29.1 Å². The molecule has 1 heterocycles. The minimum atomic E-state index is -3.75. The lowest BCUT2D eigenvalue weighted by atomic mass is 10.1. The smallest absolute Gasteiger partial charge is 0.238 e.